The van der Waals surface area contributed by atoms with Crippen LogP contribution < -0.4 is 0 Å². The smallest absolute Gasteiger partial charge is 0.134 e. The van der Waals surface area contributed by atoms with Crippen molar-refractivity contribution in [2.75, 3.05) is 0 Å². The van der Waals surface area contributed by atoms with Crippen LogP contribution in [0.5, 0.6) is 0 Å². The summed E-state index contributed by atoms with van der Waals surface area (Å²) in [7, 11) is 0. The number of pyridine rings is 1. The first-order valence-corrected chi connectivity index (χ1v) is 6.80. The first-order chi connectivity index (χ1) is 10.3. The second-order valence-electron chi connectivity index (χ2n) is 5.01. The molecule has 4 rings (SSSR count). The quantitative estimate of drug-likeness (QED) is 0.513. The minimum absolute atomic E-state index is 0.869. The zero-order valence-electron chi connectivity index (χ0n) is 11.5. The van der Waals surface area contributed by atoms with Crippen LogP contribution in [0.1, 0.15) is 5.76 Å². The third-order valence-electron chi connectivity index (χ3n) is 3.59. The molecule has 21 heavy (non-hydrogen) atoms. The second kappa shape index (κ2) is 4.63. The molecule has 0 saturated carbocycles. The molecule has 3 heterocycles. The Morgan fingerprint density at radius 2 is 1.76 bits per heavy atom. The van der Waals surface area contributed by atoms with Crippen LogP contribution in [0.25, 0.3) is 33.4 Å². The largest absolute Gasteiger partial charge is 0.464 e. The van der Waals surface area contributed by atoms with E-state index < -0.39 is 0 Å². The van der Waals surface area contributed by atoms with Crippen molar-refractivity contribution in [1.82, 2.24) is 4.98 Å². The van der Waals surface area contributed by atoms with Crippen molar-refractivity contribution < 1.29 is 8.83 Å². The number of aryl methyl sites for hydroxylation is 1. The van der Waals surface area contributed by atoms with Gasteiger partial charge in [0, 0.05) is 28.9 Å². The average molecular weight is 275 g/mol. The van der Waals surface area contributed by atoms with Gasteiger partial charge in [-0.3, -0.25) is 4.98 Å². The molecule has 0 N–H and O–H groups in total. The van der Waals surface area contributed by atoms with Gasteiger partial charge in [0.1, 0.15) is 17.1 Å². The van der Waals surface area contributed by atoms with Crippen molar-refractivity contribution in [3.8, 4) is 22.5 Å². The molecular formula is C18H13NO2. The number of furan rings is 2. The third kappa shape index (κ3) is 2.03. The van der Waals surface area contributed by atoms with Crippen LogP contribution in [0.2, 0.25) is 0 Å². The molecule has 0 aliphatic carbocycles. The fraction of sp³-hybridized carbons (Fsp3) is 0.0556. The Morgan fingerprint density at radius 1 is 0.905 bits per heavy atom. The van der Waals surface area contributed by atoms with Crippen molar-refractivity contribution in [3.63, 3.8) is 0 Å². The number of fused-ring (bicyclic) bond motifs is 1. The lowest BCUT2D eigenvalue weighted by Gasteiger charge is -2.00. The van der Waals surface area contributed by atoms with Crippen LogP contribution in [-0.2, 0) is 0 Å². The Hall–Kier alpha value is -2.81. The Labute approximate surface area is 121 Å². The first-order valence-electron chi connectivity index (χ1n) is 6.80. The van der Waals surface area contributed by atoms with Gasteiger partial charge in [0.2, 0.25) is 0 Å². The molecule has 1 aromatic carbocycles. The molecular weight excluding hydrogens is 262 g/mol. The zero-order chi connectivity index (χ0) is 14.2. The number of hydrogen-bond acceptors (Lipinski definition) is 3. The number of nitrogens with zero attached hydrogens (tertiary/aromatic N) is 1. The minimum Gasteiger partial charge on any atom is -0.464 e. The van der Waals surface area contributed by atoms with Gasteiger partial charge in [0.05, 0.1) is 6.26 Å². The normalized spacial score (nSPS) is 11.1. The van der Waals surface area contributed by atoms with E-state index in [-0.39, 0.29) is 0 Å². The topological polar surface area (TPSA) is 39.2 Å². The summed E-state index contributed by atoms with van der Waals surface area (Å²) in [4.78, 5) is 4.06. The predicted octanol–water partition coefficient (Wildman–Crippen LogP) is 5.06. The molecule has 0 aliphatic rings. The van der Waals surface area contributed by atoms with E-state index in [0.717, 1.165) is 39.2 Å². The van der Waals surface area contributed by atoms with Gasteiger partial charge in [0.25, 0.3) is 0 Å². The van der Waals surface area contributed by atoms with E-state index in [9.17, 15) is 0 Å². The Bertz CT molecular complexity index is 903. The van der Waals surface area contributed by atoms with Crippen molar-refractivity contribution in [2.45, 2.75) is 6.92 Å². The summed E-state index contributed by atoms with van der Waals surface area (Å²) in [6, 6.07) is 14.0. The molecule has 3 heteroatoms. The number of hydrogen-bond donors (Lipinski definition) is 0. The molecule has 102 valence electrons. The maximum absolute atomic E-state index is 5.70. The summed E-state index contributed by atoms with van der Waals surface area (Å²) < 4.78 is 11.3. The summed E-state index contributed by atoms with van der Waals surface area (Å²) in [6.45, 7) is 1.95. The summed E-state index contributed by atoms with van der Waals surface area (Å²) in [5.74, 6) is 1.78. The standard InChI is InChI=1S/C18H13NO2/c1-12-2-4-17(21-12)14-3-5-18-15(10-14)16(11-20-18)13-6-8-19-9-7-13/h2-11H,1H3. The maximum Gasteiger partial charge on any atom is 0.134 e. The number of aromatic nitrogens is 1. The molecule has 3 aromatic heterocycles. The summed E-state index contributed by atoms with van der Waals surface area (Å²) in [5, 5.41) is 1.08. The number of benzene rings is 1. The van der Waals surface area contributed by atoms with E-state index in [0.29, 0.717) is 0 Å². The van der Waals surface area contributed by atoms with Crippen molar-refractivity contribution in [2.24, 2.45) is 0 Å². The summed E-state index contributed by atoms with van der Waals surface area (Å²) in [5.41, 5.74) is 4.08. The molecule has 3 nitrogen and oxygen atoms in total. The van der Waals surface area contributed by atoms with Crippen molar-refractivity contribution in [1.29, 1.82) is 0 Å². The highest BCUT2D eigenvalue weighted by Gasteiger charge is 2.10. The summed E-state index contributed by atoms with van der Waals surface area (Å²) >= 11 is 0. The van der Waals surface area contributed by atoms with Crippen LogP contribution in [0.3, 0.4) is 0 Å². The lowest BCUT2D eigenvalue weighted by molar-refractivity contribution is 0.548. The zero-order valence-corrected chi connectivity index (χ0v) is 11.5. The summed E-state index contributed by atoms with van der Waals surface area (Å²) in [6.07, 6.45) is 5.36. The van der Waals surface area contributed by atoms with E-state index in [1.165, 1.54) is 0 Å². The Balaban J connectivity index is 1.90. The highest BCUT2D eigenvalue weighted by molar-refractivity contribution is 5.96. The SMILES string of the molecule is Cc1ccc(-c2ccc3occ(-c4ccncc4)c3c2)o1. The highest BCUT2D eigenvalue weighted by atomic mass is 16.3. The molecule has 0 spiro atoms. The van der Waals surface area contributed by atoms with Gasteiger partial charge in [-0.25, -0.2) is 0 Å². The molecule has 0 atom stereocenters. The molecule has 0 radical (unpaired) electrons. The van der Waals surface area contributed by atoms with Gasteiger partial charge < -0.3 is 8.83 Å². The van der Waals surface area contributed by atoms with Gasteiger partial charge in [-0.2, -0.15) is 0 Å². The third-order valence-corrected chi connectivity index (χ3v) is 3.59. The lowest BCUT2D eigenvalue weighted by atomic mass is 10.0. The molecule has 0 aliphatic heterocycles. The van der Waals surface area contributed by atoms with Gasteiger partial charge in [-0.15, -0.1) is 0 Å². The van der Waals surface area contributed by atoms with E-state index in [1.54, 1.807) is 18.7 Å². The fourth-order valence-corrected chi connectivity index (χ4v) is 2.53. The van der Waals surface area contributed by atoms with Crippen LogP contribution in [-0.4, -0.2) is 4.98 Å². The Morgan fingerprint density at radius 3 is 2.52 bits per heavy atom. The van der Waals surface area contributed by atoms with Gasteiger partial charge in [-0.05, 0) is 55.0 Å². The minimum atomic E-state index is 0.869. The van der Waals surface area contributed by atoms with Gasteiger partial charge in [0.15, 0.2) is 0 Å². The highest BCUT2D eigenvalue weighted by Crippen LogP contribution is 2.33. The van der Waals surface area contributed by atoms with Crippen LogP contribution in [0, 0.1) is 6.92 Å². The molecule has 0 amide bonds. The maximum atomic E-state index is 5.70. The molecule has 0 bridgehead atoms. The molecule has 0 unspecified atom stereocenters. The van der Waals surface area contributed by atoms with E-state index >= 15 is 0 Å². The monoisotopic (exact) mass is 275 g/mol. The van der Waals surface area contributed by atoms with E-state index in [1.807, 2.05) is 43.3 Å². The fourth-order valence-electron chi connectivity index (χ4n) is 2.53. The van der Waals surface area contributed by atoms with E-state index in [2.05, 4.69) is 11.1 Å². The number of rotatable bonds is 2. The van der Waals surface area contributed by atoms with Crippen molar-refractivity contribution in [3.05, 3.63) is 66.9 Å². The lowest BCUT2D eigenvalue weighted by Crippen LogP contribution is -1.78. The first kappa shape index (κ1) is 12.0. The second-order valence-corrected chi connectivity index (χ2v) is 5.01. The van der Waals surface area contributed by atoms with Crippen LogP contribution in [0.4, 0.5) is 0 Å². The van der Waals surface area contributed by atoms with E-state index in [4.69, 9.17) is 8.83 Å². The Kier molecular flexibility index (Phi) is 2.64. The van der Waals surface area contributed by atoms with Crippen molar-refractivity contribution >= 4 is 11.0 Å². The van der Waals surface area contributed by atoms with Gasteiger partial charge >= 0.3 is 0 Å². The average Bonchev–Trinajstić information content (AvgIpc) is 3.13. The van der Waals surface area contributed by atoms with Crippen LogP contribution >= 0.6 is 0 Å². The van der Waals surface area contributed by atoms with Crippen LogP contribution in [0.15, 0.2) is 70.0 Å². The molecule has 0 saturated heterocycles. The van der Waals surface area contributed by atoms with Gasteiger partial charge in [-0.1, -0.05) is 0 Å². The molecule has 4 aromatic rings. The predicted molar refractivity (Wildman–Crippen MR) is 81.9 cm³/mol. The molecule has 0 fully saturated rings.